The Hall–Kier alpha value is -1.92. The van der Waals surface area contributed by atoms with Crippen LogP contribution in [0.25, 0.3) is 0 Å². The normalized spacial score (nSPS) is 11.1. The van der Waals surface area contributed by atoms with E-state index in [2.05, 4.69) is 10.1 Å². The van der Waals surface area contributed by atoms with Crippen molar-refractivity contribution in [2.45, 2.75) is 39.4 Å². The summed E-state index contributed by atoms with van der Waals surface area (Å²) in [4.78, 5) is 0. The van der Waals surface area contributed by atoms with E-state index >= 15 is 0 Å². The summed E-state index contributed by atoms with van der Waals surface area (Å²) < 4.78 is 47.1. The van der Waals surface area contributed by atoms with E-state index in [0.717, 1.165) is 5.56 Å². The largest absolute Gasteiger partial charge is 0.573 e. The number of rotatable bonds is 7. The Morgan fingerprint density at radius 2 is 1.60 bits per heavy atom. The van der Waals surface area contributed by atoms with Crippen LogP contribution in [-0.4, -0.2) is 12.4 Å². The molecule has 0 heterocycles. The molecule has 0 unspecified atom stereocenters. The Bertz CT molecular complexity index is 649. The molecular formula is C18H21ClF3NO2. The van der Waals surface area contributed by atoms with Crippen molar-refractivity contribution >= 4 is 12.4 Å². The third kappa shape index (κ3) is 8.14. The molecule has 0 aliphatic carbocycles. The molecule has 0 atom stereocenters. The molecule has 0 amide bonds. The van der Waals surface area contributed by atoms with Crippen LogP contribution in [0, 0.1) is 0 Å². The predicted octanol–water partition coefficient (Wildman–Crippen LogP) is 5.08. The second-order valence-electron chi connectivity index (χ2n) is 5.67. The maximum Gasteiger partial charge on any atom is 0.573 e. The lowest BCUT2D eigenvalue weighted by molar-refractivity contribution is -0.274. The molecule has 25 heavy (non-hydrogen) atoms. The van der Waals surface area contributed by atoms with Crippen LogP contribution in [0.1, 0.15) is 25.0 Å². The average Bonchev–Trinajstić information content (AvgIpc) is 2.50. The van der Waals surface area contributed by atoms with Crippen molar-refractivity contribution in [3.05, 3.63) is 59.7 Å². The van der Waals surface area contributed by atoms with E-state index in [-0.39, 0.29) is 30.8 Å². The van der Waals surface area contributed by atoms with Gasteiger partial charge in [0.1, 0.15) is 18.1 Å². The van der Waals surface area contributed by atoms with Gasteiger partial charge in [-0.25, -0.2) is 0 Å². The first-order chi connectivity index (χ1) is 11.3. The van der Waals surface area contributed by atoms with Gasteiger partial charge in [0.2, 0.25) is 0 Å². The minimum atomic E-state index is -4.74. The smallest absolute Gasteiger partial charge is 0.489 e. The molecule has 2 aromatic carbocycles. The highest BCUT2D eigenvalue weighted by molar-refractivity contribution is 5.85. The number of hydrogen-bond donors (Lipinski definition) is 1. The van der Waals surface area contributed by atoms with Crippen LogP contribution in [0.2, 0.25) is 0 Å². The van der Waals surface area contributed by atoms with E-state index < -0.39 is 6.36 Å². The molecule has 0 aliphatic rings. The Kier molecular flexibility index (Phi) is 8.06. The first kappa shape index (κ1) is 21.1. The van der Waals surface area contributed by atoms with E-state index in [1.807, 2.05) is 44.2 Å². The van der Waals surface area contributed by atoms with Gasteiger partial charge in [-0.15, -0.1) is 25.6 Å². The monoisotopic (exact) mass is 375 g/mol. The third-order valence-corrected chi connectivity index (χ3v) is 3.14. The van der Waals surface area contributed by atoms with E-state index in [1.54, 1.807) is 6.07 Å². The van der Waals surface area contributed by atoms with Crippen LogP contribution >= 0.6 is 12.4 Å². The zero-order valence-electron chi connectivity index (χ0n) is 14.0. The molecule has 0 saturated carbocycles. The quantitative estimate of drug-likeness (QED) is 0.731. The van der Waals surface area contributed by atoms with Crippen LogP contribution in [0.5, 0.6) is 11.5 Å². The molecule has 7 heteroatoms. The van der Waals surface area contributed by atoms with Crippen molar-refractivity contribution in [3.8, 4) is 11.5 Å². The van der Waals surface area contributed by atoms with Crippen molar-refractivity contribution < 1.29 is 22.6 Å². The van der Waals surface area contributed by atoms with Gasteiger partial charge in [0.05, 0.1) is 0 Å². The summed E-state index contributed by atoms with van der Waals surface area (Å²) >= 11 is 0. The summed E-state index contributed by atoms with van der Waals surface area (Å²) in [5.74, 6) is 0.0507. The summed E-state index contributed by atoms with van der Waals surface area (Å²) in [6.45, 7) is 4.62. The Balaban J connectivity index is 0.00000312. The number of ether oxygens (including phenoxy) is 2. The van der Waals surface area contributed by atoms with Crippen LogP contribution in [-0.2, 0) is 13.2 Å². The van der Waals surface area contributed by atoms with E-state index in [9.17, 15) is 13.2 Å². The summed E-state index contributed by atoms with van der Waals surface area (Å²) in [7, 11) is 0. The van der Waals surface area contributed by atoms with Gasteiger partial charge in [0, 0.05) is 18.7 Å². The molecule has 2 rings (SSSR count). The van der Waals surface area contributed by atoms with Gasteiger partial charge < -0.3 is 14.8 Å². The lowest BCUT2D eigenvalue weighted by Crippen LogP contribution is -2.22. The fourth-order valence-corrected chi connectivity index (χ4v) is 2.07. The van der Waals surface area contributed by atoms with Gasteiger partial charge in [-0.2, -0.15) is 0 Å². The highest BCUT2D eigenvalue weighted by Crippen LogP contribution is 2.28. The minimum absolute atomic E-state index is 0. The van der Waals surface area contributed by atoms with Crippen LogP contribution in [0.15, 0.2) is 48.5 Å². The SMILES string of the molecule is CC(C)NCc1cc(OCc2ccccc2)cc(OC(F)(F)F)c1.Cl. The fraction of sp³-hybridized carbons (Fsp3) is 0.333. The van der Waals surface area contributed by atoms with E-state index in [4.69, 9.17) is 4.74 Å². The topological polar surface area (TPSA) is 30.5 Å². The maximum atomic E-state index is 12.5. The lowest BCUT2D eigenvalue weighted by Gasteiger charge is -2.15. The van der Waals surface area contributed by atoms with Crippen molar-refractivity contribution in [1.29, 1.82) is 0 Å². The fourth-order valence-electron chi connectivity index (χ4n) is 2.07. The Morgan fingerprint density at radius 3 is 2.20 bits per heavy atom. The molecule has 0 saturated heterocycles. The predicted molar refractivity (Wildman–Crippen MR) is 93.1 cm³/mol. The van der Waals surface area contributed by atoms with E-state index in [0.29, 0.717) is 17.9 Å². The van der Waals surface area contributed by atoms with Gasteiger partial charge in [-0.3, -0.25) is 0 Å². The first-order valence-corrected chi connectivity index (χ1v) is 7.61. The van der Waals surface area contributed by atoms with Gasteiger partial charge in [-0.05, 0) is 23.3 Å². The highest BCUT2D eigenvalue weighted by atomic mass is 35.5. The Morgan fingerprint density at radius 1 is 0.960 bits per heavy atom. The van der Waals surface area contributed by atoms with Crippen molar-refractivity contribution in [2.75, 3.05) is 0 Å². The first-order valence-electron chi connectivity index (χ1n) is 7.61. The number of hydrogen-bond acceptors (Lipinski definition) is 3. The molecular weight excluding hydrogens is 355 g/mol. The molecule has 1 N–H and O–H groups in total. The molecule has 2 aromatic rings. The second-order valence-corrected chi connectivity index (χ2v) is 5.67. The van der Waals surface area contributed by atoms with Crippen LogP contribution in [0.4, 0.5) is 13.2 Å². The van der Waals surface area contributed by atoms with Crippen LogP contribution < -0.4 is 14.8 Å². The molecule has 0 spiro atoms. The van der Waals surface area contributed by atoms with Crippen molar-refractivity contribution in [1.82, 2.24) is 5.32 Å². The van der Waals surface area contributed by atoms with Gasteiger partial charge in [-0.1, -0.05) is 44.2 Å². The molecule has 0 aromatic heterocycles. The molecule has 0 fully saturated rings. The number of nitrogens with one attached hydrogen (secondary N) is 1. The number of alkyl halides is 3. The molecule has 0 radical (unpaired) electrons. The average molecular weight is 376 g/mol. The molecule has 3 nitrogen and oxygen atoms in total. The summed E-state index contributed by atoms with van der Waals surface area (Å²) in [5.41, 5.74) is 1.59. The van der Waals surface area contributed by atoms with Crippen molar-refractivity contribution in [3.63, 3.8) is 0 Å². The number of halogens is 4. The standard InChI is InChI=1S/C18H20F3NO2.ClH/c1-13(2)22-11-15-8-16(10-17(9-15)24-18(19,20)21)23-12-14-6-4-3-5-7-14;/h3-10,13,22H,11-12H2,1-2H3;1H. The second kappa shape index (κ2) is 9.53. The zero-order chi connectivity index (χ0) is 17.6. The molecule has 0 bridgehead atoms. The maximum absolute atomic E-state index is 12.5. The molecule has 0 aliphatic heterocycles. The van der Waals surface area contributed by atoms with Crippen LogP contribution in [0.3, 0.4) is 0 Å². The number of benzene rings is 2. The third-order valence-electron chi connectivity index (χ3n) is 3.14. The van der Waals surface area contributed by atoms with Gasteiger partial charge in [0.25, 0.3) is 0 Å². The Labute approximate surface area is 151 Å². The summed E-state index contributed by atoms with van der Waals surface area (Å²) in [6, 6.07) is 13.9. The van der Waals surface area contributed by atoms with E-state index in [1.165, 1.54) is 12.1 Å². The summed E-state index contributed by atoms with van der Waals surface area (Å²) in [5, 5.41) is 3.16. The lowest BCUT2D eigenvalue weighted by atomic mass is 10.2. The van der Waals surface area contributed by atoms with Gasteiger partial charge >= 0.3 is 6.36 Å². The zero-order valence-corrected chi connectivity index (χ0v) is 14.8. The molecule has 138 valence electrons. The van der Waals surface area contributed by atoms with Crippen molar-refractivity contribution in [2.24, 2.45) is 0 Å². The minimum Gasteiger partial charge on any atom is -0.489 e. The van der Waals surface area contributed by atoms with Gasteiger partial charge in [0.15, 0.2) is 0 Å². The highest BCUT2D eigenvalue weighted by Gasteiger charge is 2.31. The summed E-state index contributed by atoms with van der Waals surface area (Å²) in [6.07, 6.45) is -4.74.